The van der Waals surface area contributed by atoms with Crippen LogP contribution in [-0.4, -0.2) is 51.6 Å². The summed E-state index contributed by atoms with van der Waals surface area (Å²) in [5, 5.41) is 11.5. The van der Waals surface area contributed by atoms with Crippen LogP contribution in [0.2, 0.25) is 0 Å². The molecule has 0 bridgehead atoms. The number of carbonyl (C=O) groups excluding carboxylic acids is 2. The lowest BCUT2D eigenvalue weighted by molar-refractivity contribution is -0.128. The summed E-state index contributed by atoms with van der Waals surface area (Å²) < 4.78 is 12.5. The number of pyridine rings is 1. The maximum Gasteiger partial charge on any atom is 0.249 e. The van der Waals surface area contributed by atoms with Crippen molar-refractivity contribution in [1.82, 2.24) is 25.3 Å². The number of benzene rings is 2. The molecule has 0 saturated heterocycles. The minimum Gasteiger partial charge on any atom is -0.497 e. The third-order valence-corrected chi connectivity index (χ3v) is 6.47. The summed E-state index contributed by atoms with van der Waals surface area (Å²) in [6.45, 7) is 5.71. The molecule has 0 fully saturated rings. The first kappa shape index (κ1) is 26.6. The van der Waals surface area contributed by atoms with Gasteiger partial charge in [0.2, 0.25) is 11.8 Å². The molecular weight excluding hydrogens is 484 g/mol. The topological polar surface area (TPSA) is 111 Å². The van der Waals surface area contributed by atoms with Crippen molar-refractivity contribution in [1.29, 1.82) is 0 Å². The van der Waals surface area contributed by atoms with E-state index in [1.807, 2.05) is 45.0 Å². The van der Waals surface area contributed by atoms with Gasteiger partial charge in [0.05, 0.1) is 25.4 Å². The van der Waals surface area contributed by atoms with Crippen LogP contribution in [0.15, 0.2) is 67.0 Å². The predicted molar refractivity (Wildman–Crippen MR) is 144 cm³/mol. The highest BCUT2D eigenvalue weighted by atomic mass is 16.5. The van der Waals surface area contributed by atoms with Gasteiger partial charge in [0.25, 0.3) is 0 Å². The highest BCUT2D eigenvalue weighted by Gasteiger charge is 2.37. The third-order valence-electron chi connectivity index (χ3n) is 6.47. The van der Waals surface area contributed by atoms with Crippen LogP contribution in [0.1, 0.15) is 38.8 Å². The average Bonchev–Trinajstić information content (AvgIpc) is 3.34. The summed E-state index contributed by atoms with van der Waals surface area (Å²) in [4.78, 5) is 33.8. The molecule has 2 heterocycles. The molecule has 2 aromatic carbocycles. The van der Waals surface area contributed by atoms with Gasteiger partial charge < -0.3 is 14.8 Å². The minimum atomic E-state index is -1.04. The van der Waals surface area contributed by atoms with Crippen LogP contribution in [0.4, 0.5) is 5.69 Å². The van der Waals surface area contributed by atoms with Crippen molar-refractivity contribution in [2.75, 3.05) is 19.1 Å². The second-order valence-electron chi connectivity index (χ2n) is 9.45. The molecule has 0 unspecified atom stereocenters. The molecule has 0 spiro atoms. The highest BCUT2D eigenvalue weighted by Crippen LogP contribution is 2.38. The Bertz CT molecular complexity index is 1420. The summed E-state index contributed by atoms with van der Waals surface area (Å²) in [5.74, 6) is 0.189. The smallest absolute Gasteiger partial charge is 0.249 e. The van der Waals surface area contributed by atoms with E-state index >= 15 is 0 Å². The molecule has 0 radical (unpaired) electrons. The van der Waals surface area contributed by atoms with Crippen LogP contribution in [0.5, 0.6) is 11.5 Å². The summed E-state index contributed by atoms with van der Waals surface area (Å²) >= 11 is 0. The molecule has 1 N–H and O–H groups in total. The van der Waals surface area contributed by atoms with E-state index in [0.29, 0.717) is 40.2 Å². The quantitative estimate of drug-likeness (QED) is 0.340. The number of aromatic nitrogens is 4. The number of hydrogen-bond donors (Lipinski definition) is 1. The molecule has 38 heavy (non-hydrogen) atoms. The maximum absolute atomic E-state index is 14.2. The number of rotatable bonds is 10. The molecule has 2 amide bonds. The molecule has 0 saturated carbocycles. The number of anilines is 1. The van der Waals surface area contributed by atoms with E-state index in [4.69, 9.17) is 9.47 Å². The first-order valence-electron chi connectivity index (χ1n) is 12.3. The number of nitrogens with one attached hydrogen (secondary N) is 1. The van der Waals surface area contributed by atoms with Gasteiger partial charge in [-0.25, -0.2) is 4.68 Å². The Morgan fingerprint density at radius 1 is 1.08 bits per heavy atom. The van der Waals surface area contributed by atoms with Crippen molar-refractivity contribution < 1.29 is 19.1 Å². The summed E-state index contributed by atoms with van der Waals surface area (Å²) in [5.41, 5.74) is 1.82. The molecule has 10 heteroatoms. The van der Waals surface area contributed by atoms with Gasteiger partial charge in [-0.05, 0) is 50.6 Å². The van der Waals surface area contributed by atoms with Gasteiger partial charge in [-0.1, -0.05) is 30.3 Å². The van der Waals surface area contributed by atoms with Crippen molar-refractivity contribution >= 4 is 28.5 Å². The fraction of sp³-hybridized carbons (Fsp3) is 0.321. The first-order chi connectivity index (χ1) is 18.3. The summed E-state index contributed by atoms with van der Waals surface area (Å²) in [6, 6.07) is 15.0. The normalized spacial score (nSPS) is 12.1. The van der Waals surface area contributed by atoms with Gasteiger partial charge in [0, 0.05) is 29.6 Å². The van der Waals surface area contributed by atoms with Crippen LogP contribution < -0.4 is 19.7 Å². The number of amides is 2. The first-order valence-corrected chi connectivity index (χ1v) is 12.3. The molecule has 2 aromatic heterocycles. The second kappa shape index (κ2) is 11.3. The molecule has 0 aliphatic rings. The van der Waals surface area contributed by atoms with E-state index in [1.54, 1.807) is 49.8 Å². The second-order valence-corrected chi connectivity index (χ2v) is 9.45. The van der Waals surface area contributed by atoms with Crippen molar-refractivity contribution in [3.8, 4) is 11.5 Å². The van der Waals surface area contributed by atoms with Gasteiger partial charge in [-0.2, -0.15) is 0 Å². The fourth-order valence-corrected chi connectivity index (χ4v) is 4.09. The van der Waals surface area contributed by atoms with E-state index in [-0.39, 0.29) is 18.4 Å². The molecule has 198 valence electrons. The zero-order valence-electron chi connectivity index (χ0n) is 22.2. The standard InChI is InChI=1S/C28H32N6O4/c1-6-28(2,3)30-27(36)26(19-10-9-15-29-17-19)34(23-14-13-20(37-4)16-24(23)38-5)25(35)18-33-22-12-8-7-11-21(22)31-32-33/h7-17,26H,6,18H2,1-5H3,(H,30,36)/t26-/m0/s1. The van der Waals surface area contributed by atoms with E-state index in [2.05, 4.69) is 20.6 Å². The van der Waals surface area contributed by atoms with Crippen LogP contribution in [-0.2, 0) is 16.1 Å². The lowest BCUT2D eigenvalue weighted by atomic mass is 9.99. The van der Waals surface area contributed by atoms with E-state index in [0.717, 1.165) is 0 Å². The van der Waals surface area contributed by atoms with Gasteiger partial charge in [-0.15, -0.1) is 5.10 Å². The summed E-state index contributed by atoms with van der Waals surface area (Å²) in [7, 11) is 3.05. The van der Waals surface area contributed by atoms with Crippen LogP contribution in [0.25, 0.3) is 11.0 Å². The Morgan fingerprint density at radius 2 is 1.87 bits per heavy atom. The zero-order valence-corrected chi connectivity index (χ0v) is 22.2. The SMILES string of the molecule is CCC(C)(C)NC(=O)[C@H](c1cccnc1)N(C(=O)Cn1nnc2ccccc21)c1ccc(OC)cc1OC. The largest absolute Gasteiger partial charge is 0.497 e. The van der Waals surface area contributed by atoms with Gasteiger partial charge >= 0.3 is 0 Å². The number of methoxy groups -OCH3 is 2. The maximum atomic E-state index is 14.2. The Hall–Kier alpha value is -4.47. The minimum absolute atomic E-state index is 0.156. The molecule has 0 aliphatic heterocycles. The molecular formula is C28H32N6O4. The van der Waals surface area contributed by atoms with Crippen LogP contribution >= 0.6 is 0 Å². The fourth-order valence-electron chi connectivity index (χ4n) is 4.09. The van der Waals surface area contributed by atoms with Crippen LogP contribution in [0, 0.1) is 0 Å². The molecule has 4 rings (SSSR count). The van der Waals surface area contributed by atoms with E-state index in [9.17, 15) is 9.59 Å². The van der Waals surface area contributed by atoms with Crippen molar-refractivity contribution in [2.24, 2.45) is 0 Å². The third kappa shape index (κ3) is 5.59. The molecule has 4 aromatic rings. The van der Waals surface area contributed by atoms with Gasteiger partial charge in [0.15, 0.2) is 0 Å². The Kier molecular flexibility index (Phi) is 7.90. The van der Waals surface area contributed by atoms with E-state index < -0.39 is 11.6 Å². The Labute approximate surface area is 221 Å². The van der Waals surface area contributed by atoms with Crippen molar-refractivity contribution in [3.05, 3.63) is 72.6 Å². The number of ether oxygens (including phenoxy) is 2. The molecule has 1 atom stereocenters. The highest BCUT2D eigenvalue weighted by molar-refractivity contribution is 6.02. The number of para-hydroxylation sites is 1. The number of nitrogens with zero attached hydrogens (tertiary/aromatic N) is 5. The number of carbonyl (C=O) groups is 2. The number of hydrogen-bond acceptors (Lipinski definition) is 7. The average molecular weight is 517 g/mol. The predicted octanol–water partition coefficient (Wildman–Crippen LogP) is 3.92. The molecule has 10 nitrogen and oxygen atoms in total. The lowest BCUT2D eigenvalue weighted by Crippen LogP contribution is -2.51. The van der Waals surface area contributed by atoms with Gasteiger partial charge in [0.1, 0.15) is 29.6 Å². The summed E-state index contributed by atoms with van der Waals surface area (Å²) in [6.07, 6.45) is 3.91. The van der Waals surface area contributed by atoms with E-state index in [1.165, 1.54) is 16.7 Å². The monoisotopic (exact) mass is 516 g/mol. The van der Waals surface area contributed by atoms with Crippen LogP contribution in [0.3, 0.4) is 0 Å². The number of fused-ring (bicyclic) bond motifs is 1. The lowest BCUT2D eigenvalue weighted by Gasteiger charge is -2.35. The zero-order chi connectivity index (χ0) is 27.3. The Morgan fingerprint density at radius 3 is 2.55 bits per heavy atom. The Balaban J connectivity index is 1.87. The van der Waals surface area contributed by atoms with Crippen molar-refractivity contribution in [2.45, 2.75) is 45.3 Å². The molecule has 0 aliphatic carbocycles. The van der Waals surface area contributed by atoms with Gasteiger partial charge in [-0.3, -0.25) is 19.5 Å². The van der Waals surface area contributed by atoms with Crippen molar-refractivity contribution in [3.63, 3.8) is 0 Å².